The van der Waals surface area contributed by atoms with Crippen LogP contribution < -0.4 is 10.2 Å². The molecule has 3 rings (SSSR count). The van der Waals surface area contributed by atoms with Crippen LogP contribution in [0.4, 0.5) is 5.69 Å². The van der Waals surface area contributed by atoms with Gasteiger partial charge in [-0.25, -0.2) is 0 Å². The number of nitrogens with one attached hydrogen (secondary N) is 1. The molecule has 4 atom stereocenters. The van der Waals surface area contributed by atoms with Gasteiger partial charge in [-0.3, -0.25) is 9.69 Å². The fourth-order valence-corrected chi connectivity index (χ4v) is 4.00. The van der Waals surface area contributed by atoms with Gasteiger partial charge in [-0.1, -0.05) is 30.3 Å². The van der Waals surface area contributed by atoms with Crippen LogP contribution in [0.5, 0.6) is 0 Å². The number of likely N-dealkylation sites (N-methyl/N-ethyl adjacent to an activating group) is 1. The summed E-state index contributed by atoms with van der Waals surface area (Å²) >= 11 is 0. The van der Waals surface area contributed by atoms with Crippen molar-refractivity contribution in [3.8, 4) is 0 Å². The van der Waals surface area contributed by atoms with Crippen molar-refractivity contribution >= 4 is 11.6 Å². The van der Waals surface area contributed by atoms with Crippen molar-refractivity contribution in [2.45, 2.75) is 30.8 Å². The van der Waals surface area contributed by atoms with Gasteiger partial charge in [-0.15, -0.1) is 0 Å². The lowest BCUT2D eigenvalue weighted by Gasteiger charge is -2.30. The summed E-state index contributed by atoms with van der Waals surface area (Å²) < 4.78 is 5.88. The molecular formula is C24H33N3O4. The fourth-order valence-electron chi connectivity index (χ4n) is 4.00. The molecule has 2 aromatic carbocycles. The molecule has 1 aliphatic rings. The Morgan fingerprint density at radius 3 is 2.32 bits per heavy atom. The van der Waals surface area contributed by atoms with Gasteiger partial charge in [-0.2, -0.15) is 0 Å². The topological polar surface area (TPSA) is 85.3 Å². The number of benzene rings is 2. The number of carbonyl (C=O) groups is 1. The zero-order valence-electron chi connectivity index (χ0n) is 18.4. The van der Waals surface area contributed by atoms with E-state index in [1.165, 1.54) is 5.56 Å². The Bertz CT molecular complexity index is 828. The highest BCUT2D eigenvalue weighted by Gasteiger charge is 2.45. The minimum atomic E-state index is -0.827. The van der Waals surface area contributed by atoms with Gasteiger partial charge in [0.15, 0.2) is 0 Å². The minimum absolute atomic E-state index is 0.193. The predicted octanol–water partition coefficient (Wildman–Crippen LogP) is 1.15. The Balaban J connectivity index is 1.61. The van der Waals surface area contributed by atoms with Crippen LogP contribution >= 0.6 is 0 Å². The number of hydrogen-bond donors (Lipinski definition) is 3. The van der Waals surface area contributed by atoms with Crippen LogP contribution in [0.2, 0.25) is 0 Å². The molecule has 0 bridgehead atoms. The highest BCUT2D eigenvalue weighted by Crippen LogP contribution is 2.25. The van der Waals surface area contributed by atoms with Crippen LogP contribution in [0, 0.1) is 0 Å². The Morgan fingerprint density at radius 1 is 1.03 bits per heavy atom. The zero-order chi connectivity index (χ0) is 22.4. The first-order valence-corrected chi connectivity index (χ1v) is 10.6. The molecule has 168 valence electrons. The summed E-state index contributed by atoms with van der Waals surface area (Å²) in [7, 11) is 5.84. The smallest absolute Gasteiger partial charge is 0.251 e. The fraction of sp³-hybridized carbons (Fsp3) is 0.458. The molecule has 0 unspecified atom stereocenters. The molecular weight excluding hydrogens is 394 g/mol. The number of amides is 1. The molecule has 1 amide bonds. The summed E-state index contributed by atoms with van der Waals surface area (Å²) in [6.07, 6.45) is -1.07. The van der Waals surface area contributed by atoms with Gasteiger partial charge in [0.25, 0.3) is 5.91 Å². The van der Waals surface area contributed by atoms with Gasteiger partial charge >= 0.3 is 0 Å². The average Bonchev–Trinajstić information content (AvgIpc) is 3.11. The second-order valence-electron chi connectivity index (χ2n) is 8.24. The molecule has 7 nitrogen and oxygen atoms in total. The molecule has 0 spiro atoms. The third-order valence-electron chi connectivity index (χ3n) is 5.86. The maximum Gasteiger partial charge on any atom is 0.251 e. The molecule has 1 aliphatic heterocycles. The van der Waals surface area contributed by atoms with E-state index >= 15 is 0 Å². The number of nitrogens with zero attached hydrogens (tertiary/aromatic N) is 2. The Kier molecular flexibility index (Phi) is 8.03. The van der Waals surface area contributed by atoms with Crippen LogP contribution in [0.3, 0.4) is 0 Å². The van der Waals surface area contributed by atoms with E-state index < -0.39 is 18.3 Å². The van der Waals surface area contributed by atoms with Gasteiger partial charge in [0, 0.05) is 38.4 Å². The molecule has 7 heteroatoms. The summed E-state index contributed by atoms with van der Waals surface area (Å²) in [5.74, 6) is -0.193. The maximum absolute atomic E-state index is 12.6. The van der Waals surface area contributed by atoms with Crippen molar-refractivity contribution in [2.24, 2.45) is 0 Å². The van der Waals surface area contributed by atoms with E-state index in [1.54, 1.807) is 12.1 Å². The third kappa shape index (κ3) is 5.83. The van der Waals surface area contributed by atoms with E-state index in [4.69, 9.17) is 4.74 Å². The van der Waals surface area contributed by atoms with Gasteiger partial charge in [0.2, 0.25) is 0 Å². The van der Waals surface area contributed by atoms with Gasteiger partial charge in [0.05, 0.1) is 18.8 Å². The molecule has 0 radical (unpaired) electrons. The Morgan fingerprint density at radius 2 is 1.71 bits per heavy atom. The second kappa shape index (κ2) is 10.7. The molecule has 3 N–H and O–H groups in total. The second-order valence-corrected chi connectivity index (χ2v) is 8.24. The molecule has 1 saturated heterocycles. The predicted molar refractivity (Wildman–Crippen MR) is 121 cm³/mol. The SMILES string of the molecule is CN(C)c1ccc(C(=O)NC[C@@H]2O[C@@H](CO)[C@@H](O)[C@H]2N(C)CCc2ccccc2)cc1. The van der Waals surface area contributed by atoms with Crippen LogP contribution in [0.1, 0.15) is 15.9 Å². The number of anilines is 1. The summed E-state index contributed by atoms with van der Waals surface area (Å²) in [5.41, 5.74) is 2.80. The van der Waals surface area contributed by atoms with Gasteiger partial charge in [-0.05, 0) is 43.3 Å². The molecule has 1 heterocycles. The van der Waals surface area contributed by atoms with Crippen LogP contribution in [0.15, 0.2) is 54.6 Å². The van der Waals surface area contributed by atoms with Crippen molar-refractivity contribution in [3.05, 3.63) is 65.7 Å². The molecule has 1 fully saturated rings. The Hall–Kier alpha value is -2.45. The quantitative estimate of drug-likeness (QED) is 0.557. The number of carbonyl (C=O) groups excluding carboxylic acids is 1. The average molecular weight is 428 g/mol. The number of aliphatic hydroxyl groups excluding tert-OH is 2. The van der Waals surface area contributed by atoms with E-state index in [9.17, 15) is 15.0 Å². The lowest BCUT2D eigenvalue weighted by atomic mass is 10.0. The number of hydrogen-bond acceptors (Lipinski definition) is 6. The number of rotatable bonds is 9. The van der Waals surface area contributed by atoms with E-state index in [0.29, 0.717) is 5.56 Å². The highest BCUT2D eigenvalue weighted by molar-refractivity contribution is 5.94. The van der Waals surface area contributed by atoms with Crippen LogP contribution in [-0.4, -0.2) is 86.2 Å². The third-order valence-corrected chi connectivity index (χ3v) is 5.86. The van der Waals surface area contributed by atoms with Gasteiger partial charge < -0.3 is 25.2 Å². The van der Waals surface area contributed by atoms with Crippen LogP contribution in [-0.2, 0) is 11.2 Å². The van der Waals surface area contributed by atoms with Crippen molar-refractivity contribution in [3.63, 3.8) is 0 Å². The molecule has 0 aliphatic carbocycles. The molecule has 2 aromatic rings. The standard InChI is InChI=1S/C24H33N3O4/c1-26(2)19-11-9-18(10-12-19)24(30)25-15-20-22(23(29)21(16-28)31-20)27(3)14-13-17-7-5-4-6-8-17/h4-12,20-23,28-29H,13-16H2,1-3H3,(H,25,30)/t20-,21-,22-,23+/m0/s1. The highest BCUT2D eigenvalue weighted by atomic mass is 16.5. The van der Waals surface area contributed by atoms with E-state index in [0.717, 1.165) is 18.7 Å². The minimum Gasteiger partial charge on any atom is -0.394 e. The molecule has 0 aromatic heterocycles. The summed E-state index contributed by atoms with van der Waals surface area (Å²) in [4.78, 5) is 16.6. The summed E-state index contributed by atoms with van der Waals surface area (Å²) in [6.45, 7) is 0.715. The summed E-state index contributed by atoms with van der Waals surface area (Å²) in [6, 6.07) is 17.2. The van der Waals surface area contributed by atoms with E-state index in [2.05, 4.69) is 22.3 Å². The maximum atomic E-state index is 12.6. The lowest BCUT2D eigenvalue weighted by Crippen LogP contribution is -2.50. The largest absolute Gasteiger partial charge is 0.394 e. The molecule has 0 saturated carbocycles. The zero-order valence-corrected chi connectivity index (χ0v) is 18.4. The van der Waals surface area contributed by atoms with Crippen LogP contribution in [0.25, 0.3) is 0 Å². The first-order chi connectivity index (χ1) is 14.9. The van der Waals surface area contributed by atoms with Crippen molar-refractivity contribution in [1.82, 2.24) is 10.2 Å². The van der Waals surface area contributed by atoms with Crippen molar-refractivity contribution in [2.75, 3.05) is 45.7 Å². The monoisotopic (exact) mass is 427 g/mol. The summed E-state index contributed by atoms with van der Waals surface area (Å²) in [5, 5.41) is 23.2. The first kappa shape index (κ1) is 23.2. The lowest BCUT2D eigenvalue weighted by molar-refractivity contribution is -0.0209. The number of aliphatic hydroxyl groups is 2. The van der Waals surface area contributed by atoms with Gasteiger partial charge in [0.1, 0.15) is 12.2 Å². The normalized spacial score (nSPS) is 23.2. The van der Waals surface area contributed by atoms with E-state index in [-0.39, 0.29) is 25.1 Å². The number of ether oxygens (including phenoxy) is 1. The van der Waals surface area contributed by atoms with Crippen molar-refractivity contribution in [1.29, 1.82) is 0 Å². The molecule has 31 heavy (non-hydrogen) atoms. The first-order valence-electron chi connectivity index (χ1n) is 10.6. The van der Waals surface area contributed by atoms with Crippen molar-refractivity contribution < 1.29 is 19.7 Å². The van der Waals surface area contributed by atoms with E-state index in [1.807, 2.05) is 56.4 Å². The Labute approximate surface area is 184 Å².